The normalized spacial score (nSPS) is 11.6. The molecule has 0 saturated heterocycles. The van der Waals surface area contributed by atoms with E-state index in [-0.39, 0.29) is 6.04 Å². The molecule has 0 saturated carbocycles. The van der Waals surface area contributed by atoms with E-state index in [9.17, 15) is 0 Å². The molecule has 0 spiro atoms. The highest BCUT2D eigenvalue weighted by molar-refractivity contribution is 5.46. The Hall–Kier alpha value is -2.50. The Morgan fingerprint density at radius 1 is 0.952 bits per heavy atom. The summed E-state index contributed by atoms with van der Waals surface area (Å²) < 4.78 is 15.6. The fourth-order valence-corrected chi connectivity index (χ4v) is 1.96. The van der Waals surface area contributed by atoms with Crippen molar-refractivity contribution in [2.75, 3.05) is 26.6 Å². The molecule has 1 atom stereocenters. The lowest BCUT2D eigenvalue weighted by Gasteiger charge is -2.17. The predicted octanol–water partition coefficient (Wildman–Crippen LogP) is 2.68. The third-order valence-electron chi connectivity index (χ3n) is 3.12. The van der Waals surface area contributed by atoms with E-state index >= 15 is 0 Å². The molecule has 0 amide bonds. The smallest absolute Gasteiger partial charge is 0.218 e. The molecule has 1 aromatic carbocycles. The van der Waals surface area contributed by atoms with Crippen molar-refractivity contribution in [1.29, 1.82) is 0 Å². The summed E-state index contributed by atoms with van der Waals surface area (Å²) in [6, 6.07) is 7.60. The summed E-state index contributed by atoms with van der Waals surface area (Å²) in [6.07, 6.45) is 1.46. The number of benzene rings is 1. The lowest BCUT2D eigenvalue weighted by molar-refractivity contribution is 0.354. The predicted molar refractivity (Wildman–Crippen MR) is 80.2 cm³/mol. The average molecular weight is 289 g/mol. The maximum Gasteiger partial charge on any atom is 0.218 e. The van der Waals surface area contributed by atoms with Crippen LogP contribution in [0.3, 0.4) is 0 Å². The van der Waals surface area contributed by atoms with Gasteiger partial charge in [-0.05, 0) is 24.6 Å². The van der Waals surface area contributed by atoms with E-state index in [0.29, 0.717) is 23.2 Å². The molecule has 2 rings (SSSR count). The zero-order valence-electron chi connectivity index (χ0n) is 12.6. The van der Waals surface area contributed by atoms with Gasteiger partial charge in [-0.1, -0.05) is 6.07 Å². The highest BCUT2D eigenvalue weighted by Crippen LogP contribution is 2.30. The number of nitrogens with one attached hydrogen (secondary N) is 1. The molecule has 2 aromatic rings. The van der Waals surface area contributed by atoms with E-state index in [4.69, 9.17) is 14.2 Å². The van der Waals surface area contributed by atoms with Crippen molar-refractivity contribution < 1.29 is 14.2 Å². The van der Waals surface area contributed by atoms with Crippen molar-refractivity contribution >= 4 is 5.82 Å². The van der Waals surface area contributed by atoms with Gasteiger partial charge < -0.3 is 19.5 Å². The van der Waals surface area contributed by atoms with Crippen molar-refractivity contribution in [3.8, 4) is 17.4 Å². The van der Waals surface area contributed by atoms with E-state index < -0.39 is 0 Å². The summed E-state index contributed by atoms with van der Waals surface area (Å²) in [5.74, 6) is 2.62. The third kappa shape index (κ3) is 3.53. The second-order valence-electron chi connectivity index (χ2n) is 4.43. The van der Waals surface area contributed by atoms with Gasteiger partial charge in [-0.3, -0.25) is 0 Å². The van der Waals surface area contributed by atoms with Gasteiger partial charge in [-0.2, -0.15) is 0 Å². The monoisotopic (exact) mass is 289 g/mol. The largest absolute Gasteiger partial charge is 0.493 e. The molecule has 21 heavy (non-hydrogen) atoms. The van der Waals surface area contributed by atoms with Crippen molar-refractivity contribution in [3.05, 3.63) is 36.2 Å². The summed E-state index contributed by atoms with van der Waals surface area (Å²) in [5.41, 5.74) is 1.06. The zero-order valence-corrected chi connectivity index (χ0v) is 12.6. The van der Waals surface area contributed by atoms with E-state index in [2.05, 4.69) is 15.3 Å². The molecule has 0 fully saturated rings. The Bertz CT molecular complexity index is 604. The molecule has 0 aliphatic rings. The molecule has 0 aliphatic heterocycles. The number of ether oxygens (including phenoxy) is 3. The van der Waals surface area contributed by atoms with Gasteiger partial charge in [0.25, 0.3) is 0 Å². The van der Waals surface area contributed by atoms with E-state index in [1.54, 1.807) is 27.4 Å². The Morgan fingerprint density at radius 2 is 1.71 bits per heavy atom. The second kappa shape index (κ2) is 6.78. The van der Waals surface area contributed by atoms with Gasteiger partial charge in [0.2, 0.25) is 5.88 Å². The van der Waals surface area contributed by atoms with Crippen molar-refractivity contribution in [2.45, 2.75) is 13.0 Å². The van der Waals surface area contributed by atoms with E-state index in [1.165, 1.54) is 6.33 Å². The summed E-state index contributed by atoms with van der Waals surface area (Å²) in [6.45, 7) is 2.04. The Labute approximate surface area is 124 Å². The summed E-state index contributed by atoms with van der Waals surface area (Å²) >= 11 is 0. The van der Waals surface area contributed by atoms with E-state index in [0.717, 1.165) is 5.56 Å². The minimum atomic E-state index is 0.0458. The van der Waals surface area contributed by atoms with Crippen molar-refractivity contribution in [2.24, 2.45) is 0 Å². The molecule has 1 aromatic heterocycles. The molecule has 1 N–H and O–H groups in total. The average Bonchev–Trinajstić information content (AvgIpc) is 2.54. The minimum Gasteiger partial charge on any atom is -0.493 e. The maximum atomic E-state index is 5.32. The molecule has 112 valence electrons. The lowest BCUT2D eigenvalue weighted by Crippen LogP contribution is -2.08. The quantitative estimate of drug-likeness (QED) is 0.882. The van der Waals surface area contributed by atoms with Crippen LogP contribution in [0.15, 0.2) is 30.6 Å². The fourth-order valence-electron chi connectivity index (χ4n) is 1.96. The van der Waals surface area contributed by atoms with Crippen LogP contribution >= 0.6 is 0 Å². The number of hydrogen-bond donors (Lipinski definition) is 1. The topological polar surface area (TPSA) is 65.5 Å². The highest BCUT2D eigenvalue weighted by atomic mass is 16.5. The van der Waals surface area contributed by atoms with Crippen LogP contribution in [-0.2, 0) is 0 Å². The van der Waals surface area contributed by atoms with Crippen molar-refractivity contribution in [3.63, 3.8) is 0 Å². The Kier molecular flexibility index (Phi) is 4.81. The summed E-state index contributed by atoms with van der Waals surface area (Å²) in [7, 11) is 4.81. The van der Waals surface area contributed by atoms with Crippen LogP contribution in [0.25, 0.3) is 0 Å². The Morgan fingerprint density at radius 3 is 2.38 bits per heavy atom. The molecule has 1 unspecified atom stereocenters. The highest BCUT2D eigenvalue weighted by Gasteiger charge is 2.11. The van der Waals surface area contributed by atoms with Crippen LogP contribution in [0.5, 0.6) is 17.4 Å². The van der Waals surface area contributed by atoms with Crippen LogP contribution in [0.1, 0.15) is 18.5 Å². The van der Waals surface area contributed by atoms with Gasteiger partial charge in [-0.25, -0.2) is 9.97 Å². The van der Waals surface area contributed by atoms with Crippen LogP contribution in [0.2, 0.25) is 0 Å². The first kappa shape index (κ1) is 14.9. The first-order chi connectivity index (χ1) is 10.2. The summed E-state index contributed by atoms with van der Waals surface area (Å²) in [4.78, 5) is 8.15. The minimum absolute atomic E-state index is 0.0458. The molecule has 0 aliphatic carbocycles. The Balaban J connectivity index is 2.17. The molecule has 0 radical (unpaired) electrons. The molecule has 1 heterocycles. The SMILES string of the molecule is COc1cc(NC(C)c2ccc(OC)c(OC)c2)ncn1. The molecule has 6 heteroatoms. The standard InChI is InChI=1S/C15H19N3O3/c1-10(18-14-8-15(21-4)17-9-16-14)11-5-6-12(19-2)13(7-11)20-3/h5-10H,1-4H3,(H,16,17,18). The number of aromatic nitrogens is 2. The lowest BCUT2D eigenvalue weighted by atomic mass is 10.1. The van der Waals surface area contributed by atoms with Crippen LogP contribution in [-0.4, -0.2) is 31.3 Å². The molecule has 0 bridgehead atoms. The molecular weight excluding hydrogens is 270 g/mol. The fraction of sp³-hybridized carbons (Fsp3) is 0.333. The second-order valence-corrected chi connectivity index (χ2v) is 4.43. The van der Waals surface area contributed by atoms with Crippen LogP contribution in [0.4, 0.5) is 5.82 Å². The van der Waals surface area contributed by atoms with Crippen LogP contribution in [0, 0.1) is 0 Å². The van der Waals surface area contributed by atoms with Gasteiger partial charge in [-0.15, -0.1) is 0 Å². The molecule has 6 nitrogen and oxygen atoms in total. The summed E-state index contributed by atoms with van der Waals surface area (Å²) in [5, 5.41) is 3.29. The van der Waals surface area contributed by atoms with Crippen molar-refractivity contribution in [1.82, 2.24) is 9.97 Å². The van der Waals surface area contributed by atoms with Gasteiger partial charge in [0.1, 0.15) is 12.1 Å². The maximum absolute atomic E-state index is 5.32. The van der Waals surface area contributed by atoms with Gasteiger partial charge >= 0.3 is 0 Å². The van der Waals surface area contributed by atoms with E-state index in [1.807, 2.05) is 25.1 Å². The number of anilines is 1. The molecular formula is C15H19N3O3. The zero-order chi connectivity index (χ0) is 15.2. The number of rotatable bonds is 6. The first-order valence-corrected chi connectivity index (χ1v) is 6.52. The van der Waals surface area contributed by atoms with Gasteiger partial charge in [0, 0.05) is 6.07 Å². The van der Waals surface area contributed by atoms with Gasteiger partial charge in [0.05, 0.1) is 27.4 Å². The number of methoxy groups -OCH3 is 3. The number of nitrogens with zero attached hydrogens (tertiary/aromatic N) is 2. The first-order valence-electron chi connectivity index (χ1n) is 6.52. The third-order valence-corrected chi connectivity index (χ3v) is 3.12. The van der Waals surface area contributed by atoms with Gasteiger partial charge in [0.15, 0.2) is 11.5 Å². The number of hydrogen-bond acceptors (Lipinski definition) is 6. The van der Waals surface area contributed by atoms with Crippen LogP contribution < -0.4 is 19.5 Å².